The molecule has 0 spiro atoms. The highest BCUT2D eigenvalue weighted by Gasteiger charge is 2.13. The van der Waals surface area contributed by atoms with Gasteiger partial charge in [-0.05, 0) is 31.5 Å². The van der Waals surface area contributed by atoms with Gasteiger partial charge in [0.05, 0.1) is 12.1 Å². The van der Waals surface area contributed by atoms with E-state index in [2.05, 4.69) is 15.5 Å². The maximum atomic E-state index is 12.1. The van der Waals surface area contributed by atoms with Crippen LogP contribution in [0.5, 0.6) is 10.9 Å². The fourth-order valence-corrected chi connectivity index (χ4v) is 2.72. The quantitative estimate of drug-likeness (QED) is 0.742. The number of amides is 1. The van der Waals surface area contributed by atoms with E-state index in [1.165, 1.54) is 11.3 Å². The maximum Gasteiger partial charge on any atom is 0.278 e. The lowest BCUT2D eigenvalue weighted by Crippen LogP contribution is -2.24. The number of aromatic nitrogens is 2. The van der Waals surface area contributed by atoms with E-state index in [0.717, 1.165) is 22.6 Å². The van der Waals surface area contributed by atoms with Crippen LogP contribution < -0.4 is 10.1 Å². The molecule has 6 nitrogen and oxygen atoms in total. The molecule has 0 aliphatic carbocycles. The average Bonchev–Trinajstić information content (AvgIpc) is 3.19. The molecule has 0 radical (unpaired) electrons. The molecular weight excluding hydrogens is 326 g/mol. The molecule has 0 aliphatic rings. The molecule has 1 N–H and O–H groups in total. The highest BCUT2D eigenvalue weighted by atomic mass is 32.1. The second-order valence-electron chi connectivity index (χ2n) is 5.30. The van der Waals surface area contributed by atoms with Crippen molar-refractivity contribution in [2.75, 3.05) is 0 Å². The molecule has 0 fully saturated rings. The van der Waals surface area contributed by atoms with Crippen LogP contribution in [0.3, 0.4) is 0 Å². The van der Waals surface area contributed by atoms with E-state index in [4.69, 9.17) is 9.26 Å². The first kappa shape index (κ1) is 16.2. The molecule has 1 amide bonds. The summed E-state index contributed by atoms with van der Waals surface area (Å²) in [6, 6.07) is 7.55. The largest absolute Gasteiger partial charge is 0.431 e. The third-order valence-electron chi connectivity index (χ3n) is 3.55. The van der Waals surface area contributed by atoms with Gasteiger partial charge in [-0.15, -0.1) is 0 Å². The van der Waals surface area contributed by atoms with Crippen LogP contribution in [-0.2, 0) is 17.8 Å². The Balaban J connectivity index is 1.52. The smallest absolute Gasteiger partial charge is 0.278 e. The van der Waals surface area contributed by atoms with Gasteiger partial charge in [-0.1, -0.05) is 28.6 Å². The minimum Gasteiger partial charge on any atom is -0.431 e. The van der Waals surface area contributed by atoms with Crippen molar-refractivity contribution in [3.05, 3.63) is 58.4 Å². The lowest BCUT2D eigenvalue weighted by atomic mass is 10.1. The minimum atomic E-state index is -0.0625. The van der Waals surface area contributed by atoms with Crippen molar-refractivity contribution in [2.45, 2.75) is 26.8 Å². The van der Waals surface area contributed by atoms with Gasteiger partial charge in [0.25, 0.3) is 5.19 Å². The van der Waals surface area contributed by atoms with Crippen LogP contribution in [0.1, 0.15) is 22.6 Å². The van der Waals surface area contributed by atoms with Crippen molar-refractivity contribution in [3.8, 4) is 10.9 Å². The lowest BCUT2D eigenvalue weighted by molar-refractivity contribution is -0.120. The standard InChI is InChI=1S/C17H17N3O3S/c1-11-15(12(2)23-20-11)9-16(21)19-10-13-3-5-14(6-4-13)22-17-18-7-8-24-17/h3-8H,9-10H2,1-2H3,(H,19,21). The summed E-state index contributed by atoms with van der Waals surface area (Å²) in [7, 11) is 0. The average molecular weight is 343 g/mol. The number of carbonyl (C=O) groups is 1. The minimum absolute atomic E-state index is 0.0625. The number of nitrogens with zero attached hydrogens (tertiary/aromatic N) is 2. The van der Waals surface area contributed by atoms with Crippen LogP contribution in [0.2, 0.25) is 0 Å². The highest BCUT2D eigenvalue weighted by Crippen LogP contribution is 2.23. The topological polar surface area (TPSA) is 77.2 Å². The molecule has 1 aromatic carbocycles. The Hall–Kier alpha value is -2.67. The van der Waals surface area contributed by atoms with E-state index in [9.17, 15) is 4.79 Å². The van der Waals surface area contributed by atoms with Crippen molar-refractivity contribution in [2.24, 2.45) is 0 Å². The molecule has 0 saturated carbocycles. The Labute approximate surface area is 143 Å². The monoisotopic (exact) mass is 343 g/mol. The summed E-state index contributed by atoms with van der Waals surface area (Å²) in [6.45, 7) is 4.10. The fourth-order valence-electron chi connectivity index (χ4n) is 2.21. The number of aryl methyl sites for hydroxylation is 2. The number of benzene rings is 1. The molecule has 3 aromatic rings. The van der Waals surface area contributed by atoms with Crippen molar-refractivity contribution in [1.29, 1.82) is 0 Å². The highest BCUT2D eigenvalue weighted by molar-refractivity contribution is 7.11. The van der Waals surface area contributed by atoms with Crippen molar-refractivity contribution < 1.29 is 14.1 Å². The Morgan fingerprint density at radius 2 is 2.08 bits per heavy atom. The molecule has 0 saturated heterocycles. The van der Waals surface area contributed by atoms with Gasteiger partial charge >= 0.3 is 0 Å². The molecular formula is C17H17N3O3S. The SMILES string of the molecule is Cc1noc(C)c1CC(=O)NCc1ccc(Oc2nccs2)cc1. The first-order valence-corrected chi connectivity index (χ1v) is 8.34. The van der Waals surface area contributed by atoms with E-state index in [-0.39, 0.29) is 12.3 Å². The van der Waals surface area contributed by atoms with Crippen LogP contribution in [0, 0.1) is 13.8 Å². The molecule has 0 bridgehead atoms. The van der Waals surface area contributed by atoms with Crippen LogP contribution in [0.25, 0.3) is 0 Å². The number of thiazole rings is 1. The van der Waals surface area contributed by atoms with Gasteiger partial charge in [0.2, 0.25) is 5.91 Å². The Morgan fingerprint density at radius 1 is 1.29 bits per heavy atom. The number of rotatable bonds is 6. The van der Waals surface area contributed by atoms with E-state index in [1.54, 1.807) is 6.20 Å². The zero-order valence-corrected chi connectivity index (χ0v) is 14.2. The third-order valence-corrected chi connectivity index (χ3v) is 4.19. The Bertz CT molecular complexity index is 791. The van der Waals surface area contributed by atoms with Gasteiger partial charge in [0, 0.05) is 23.7 Å². The van der Waals surface area contributed by atoms with Gasteiger partial charge in [-0.3, -0.25) is 4.79 Å². The van der Waals surface area contributed by atoms with Crippen molar-refractivity contribution >= 4 is 17.2 Å². The normalized spacial score (nSPS) is 10.6. The number of nitrogens with one attached hydrogen (secondary N) is 1. The lowest BCUT2D eigenvalue weighted by Gasteiger charge is -2.07. The number of hydrogen-bond acceptors (Lipinski definition) is 6. The van der Waals surface area contributed by atoms with E-state index >= 15 is 0 Å². The van der Waals surface area contributed by atoms with Gasteiger partial charge < -0.3 is 14.6 Å². The van der Waals surface area contributed by atoms with Crippen LogP contribution in [0.15, 0.2) is 40.4 Å². The van der Waals surface area contributed by atoms with Crippen LogP contribution in [-0.4, -0.2) is 16.0 Å². The summed E-state index contributed by atoms with van der Waals surface area (Å²) < 4.78 is 10.7. The first-order valence-electron chi connectivity index (χ1n) is 7.46. The summed E-state index contributed by atoms with van der Waals surface area (Å²) in [5, 5.41) is 9.22. The second kappa shape index (κ2) is 7.27. The van der Waals surface area contributed by atoms with Crippen molar-refractivity contribution in [1.82, 2.24) is 15.5 Å². The predicted molar refractivity (Wildman–Crippen MR) is 90.2 cm³/mol. The summed E-state index contributed by atoms with van der Waals surface area (Å²) in [5.41, 5.74) is 2.60. The molecule has 0 atom stereocenters. The maximum absolute atomic E-state index is 12.1. The summed E-state index contributed by atoms with van der Waals surface area (Å²) >= 11 is 1.44. The van der Waals surface area contributed by atoms with E-state index in [0.29, 0.717) is 17.5 Å². The molecule has 2 heterocycles. The van der Waals surface area contributed by atoms with Crippen LogP contribution in [0.4, 0.5) is 0 Å². The zero-order valence-electron chi connectivity index (χ0n) is 13.4. The summed E-state index contributed by atoms with van der Waals surface area (Å²) in [6.07, 6.45) is 1.97. The first-order chi connectivity index (χ1) is 11.6. The molecule has 0 aliphatic heterocycles. The second-order valence-corrected chi connectivity index (χ2v) is 6.16. The molecule has 24 heavy (non-hydrogen) atoms. The zero-order chi connectivity index (χ0) is 16.9. The molecule has 2 aromatic heterocycles. The van der Waals surface area contributed by atoms with E-state index < -0.39 is 0 Å². The molecule has 3 rings (SSSR count). The molecule has 124 valence electrons. The molecule has 7 heteroatoms. The third kappa shape index (κ3) is 3.99. The van der Waals surface area contributed by atoms with Gasteiger partial charge in [0.1, 0.15) is 11.5 Å². The van der Waals surface area contributed by atoms with Gasteiger partial charge in [-0.2, -0.15) is 0 Å². The van der Waals surface area contributed by atoms with Crippen molar-refractivity contribution in [3.63, 3.8) is 0 Å². The molecule has 0 unspecified atom stereocenters. The predicted octanol–water partition coefficient (Wildman–Crippen LogP) is 3.40. The summed E-state index contributed by atoms with van der Waals surface area (Å²) in [4.78, 5) is 16.1. The number of hydrogen-bond donors (Lipinski definition) is 1. The van der Waals surface area contributed by atoms with Crippen LogP contribution >= 0.6 is 11.3 Å². The Morgan fingerprint density at radius 3 is 2.71 bits per heavy atom. The van der Waals surface area contributed by atoms with Gasteiger partial charge in [-0.25, -0.2) is 4.98 Å². The number of ether oxygens (including phenoxy) is 1. The number of carbonyl (C=O) groups excluding carboxylic acids is 1. The fraction of sp³-hybridized carbons (Fsp3) is 0.235. The van der Waals surface area contributed by atoms with Gasteiger partial charge in [0.15, 0.2) is 0 Å². The van der Waals surface area contributed by atoms with E-state index in [1.807, 2.05) is 43.5 Å². The Kier molecular flexibility index (Phi) is 4.90. The summed E-state index contributed by atoms with van der Waals surface area (Å²) in [5.74, 6) is 1.34.